The summed E-state index contributed by atoms with van der Waals surface area (Å²) in [5.74, 6) is 0.826. The number of aromatic nitrogens is 1. The first kappa shape index (κ1) is 14.1. The molecule has 0 bridgehead atoms. The van der Waals surface area contributed by atoms with Gasteiger partial charge in [-0.15, -0.1) is 0 Å². The first-order valence-corrected chi connectivity index (χ1v) is 7.66. The van der Waals surface area contributed by atoms with Gasteiger partial charge in [0.15, 0.2) is 0 Å². The van der Waals surface area contributed by atoms with Crippen LogP contribution in [0.15, 0.2) is 42.7 Å². The third kappa shape index (κ3) is 3.82. The molecule has 1 aliphatic carbocycles. The average Bonchev–Trinajstić information content (AvgIpc) is 3.29. The van der Waals surface area contributed by atoms with Crippen molar-refractivity contribution < 1.29 is 4.74 Å². The highest BCUT2D eigenvalue weighted by Gasteiger charge is 2.20. The zero-order valence-corrected chi connectivity index (χ0v) is 12.7. The van der Waals surface area contributed by atoms with E-state index in [0.29, 0.717) is 6.04 Å². The van der Waals surface area contributed by atoms with Crippen LogP contribution in [0, 0.1) is 0 Å². The van der Waals surface area contributed by atoms with Gasteiger partial charge in [0.05, 0.1) is 12.3 Å². The molecule has 0 aliphatic heterocycles. The van der Waals surface area contributed by atoms with Crippen LogP contribution in [0.1, 0.15) is 32.3 Å². The van der Waals surface area contributed by atoms with Crippen molar-refractivity contribution in [2.75, 3.05) is 0 Å². The molecule has 2 aromatic rings. The SMILES string of the molecule is CC(C)Oc1cncc(-c2ccccc2CNC2CC2)c1. The Labute approximate surface area is 126 Å². The maximum Gasteiger partial charge on any atom is 0.138 e. The smallest absolute Gasteiger partial charge is 0.138 e. The summed E-state index contributed by atoms with van der Waals surface area (Å²) >= 11 is 0. The normalized spacial score (nSPS) is 14.4. The average molecular weight is 282 g/mol. The summed E-state index contributed by atoms with van der Waals surface area (Å²) in [6.07, 6.45) is 6.45. The van der Waals surface area contributed by atoms with Gasteiger partial charge in [0.25, 0.3) is 0 Å². The van der Waals surface area contributed by atoms with Crippen LogP contribution in [0.4, 0.5) is 0 Å². The van der Waals surface area contributed by atoms with E-state index in [1.54, 1.807) is 6.20 Å². The summed E-state index contributed by atoms with van der Waals surface area (Å²) in [5, 5.41) is 3.58. The Hall–Kier alpha value is -1.87. The van der Waals surface area contributed by atoms with Gasteiger partial charge in [-0.1, -0.05) is 24.3 Å². The van der Waals surface area contributed by atoms with Crippen molar-refractivity contribution in [3.63, 3.8) is 0 Å². The van der Waals surface area contributed by atoms with Gasteiger partial charge in [0, 0.05) is 24.3 Å². The standard InChI is InChI=1S/C18H22N2O/c1-13(2)21-17-9-15(10-19-12-17)18-6-4-3-5-14(18)11-20-16-7-8-16/h3-6,9-10,12-13,16,20H,7-8,11H2,1-2H3. The highest BCUT2D eigenvalue weighted by atomic mass is 16.5. The lowest BCUT2D eigenvalue weighted by molar-refractivity contribution is 0.241. The monoisotopic (exact) mass is 282 g/mol. The second-order valence-corrected chi connectivity index (χ2v) is 5.89. The van der Waals surface area contributed by atoms with Gasteiger partial charge in [-0.2, -0.15) is 0 Å². The highest BCUT2D eigenvalue weighted by Crippen LogP contribution is 2.27. The molecule has 1 aromatic heterocycles. The Morgan fingerprint density at radius 2 is 2.05 bits per heavy atom. The van der Waals surface area contributed by atoms with E-state index in [9.17, 15) is 0 Å². The van der Waals surface area contributed by atoms with Gasteiger partial charge < -0.3 is 10.1 Å². The van der Waals surface area contributed by atoms with Crippen LogP contribution in [0.2, 0.25) is 0 Å². The van der Waals surface area contributed by atoms with Crippen LogP contribution >= 0.6 is 0 Å². The van der Waals surface area contributed by atoms with Crippen LogP contribution in [0.5, 0.6) is 5.75 Å². The van der Waals surface area contributed by atoms with E-state index in [4.69, 9.17) is 4.74 Å². The lowest BCUT2D eigenvalue weighted by atomic mass is 10.0. The molecule has 21 heavy (non-hydrogen) atoms. The maximum absolute atomic E-state index is 5.75. The minimum atomic E-state index is 0.161. The highest BCUT2D eigenvalue weighted by molar-refractivity contribution is 5.67. The number of nitrogens with zero attached hydrogens (tertiary/aromatic N) is 1. The van der Waals surface area contributed by atoms with Crippen molar-refractivity contribution in [1.82, 2.24) is 10.3 Å². The lowest BCUT2D eigenvalue weighted by Gasteiger charge is -2.13. The predicted molar refractivity (Wildman–Crippen MR) is 85.3 cm³/mol. The zero-order valence-electron chi connectivity index (χ0n) is 12.7. The molecule has 0 atom stereocenters. The van der Waals surface area contributed by atoms with E-state index in [2.05, 4.69) is 40.6 Å². The topological polar surface area (TPSA) is 34.1 Å². The van der Waals surface area contributed by atoms with Crippen LogP contribution in [0.25, 0.3) is 11.1 Å². The molecule has 110 valence electrons. The van der Waals surface area contributed by atoms with E-state index < -0.39 is 0 Å². The molecule has 1 saturated carbocycles. The Balaban J connectivity index is 1.84. The molecule has 0 amide bonds. The van der Waals surface area contributed by atoms with E-state index in [-0.39, 0.29) is 6.10 Å². The maximum atomic E-state index is 5.75. The molecule has 0 saturated heterocycles. The van der Waals surface area contributed by atoms with Crippen LogP contribution in [-0.4, -0.2) is 17.1 Å². The van der Waals surface area contributed by atoms with E-state index >= 15 is 0 Å². The number of pyridine rings is 1. The van der Waals surface area contributed by atoms with Gasteiger partial charge in [-0.3, -0.25) is 4.98 Å². The minimum Gasteiger partial charge on any atom is -0.489 e. The van der Waals surface area contributed by atoms with Crippen molar-refractivity contribution >= 4 is 0 Å². The number of hydrogen-bond donors (Lipinski definition) is 1. The van der Waals surface area contributed by atoms with Crippen molar-refractivity contribution in [3.8, 4) is 16.9 Å². The second kappa shape index (κ2) is 6.27. The fourth-order valence-electron chi connectivity index (χ4n) is 2.40. The molecule has 1 aromatic carbocycles. The van der Waals surface area contributed by atoms with Gasteiger partial charge in [0.1, 0.15) is 5.75 Å². The van der Waals surface area contributed by atoms with Crippen molar-refractivity contribution in [1.29, 1.82) is 0 Å². The first-order chi connectivity index (χ1) is 10.2. The zero-order chi connectivity index (χ0) is 14.7. The number of benzene rings is 1. The molecule has 3 nitrogen and oxygen atoms in total. The quantitative estimate of drug-likeness (QED) is 0.875. The van der Waals surface area contributed by atoms with Crippen LogP contribution < -0.4 is 10.1 Å². The second-order valence-electron chi connectivity index (χ2n) is 5.89. The lowest BCUT2D eigenvalue weighted by Crippen LogP contribution is -2.15. The number of rotatable bonds is 6. The molecule has 1 aliphatic rings. The predicted octanol–water partition coefficient (Wildman–Crippen LogP) is 3.79. The fourth-order valence-corrected chi connectivity index (χ4v) is 2.40. The number of ether oxygens (including phenoxy) is 1. The third-order valence-electron chi connectivity index (χ3n) is 3.57. The van der Waals surface area contributed by atoms with Crippen LogP contribution in [-0.2, 0) is 6.54 Å². The van der Waals surface area contributed by atoms with Gasteiger partial charge in [0.2, 0.25) is 0 Å². The summed E-state index contributed by atoms with van der Waals surface area (Å²) in [6.45, 7) is 4.97. The Morgan fingerprint density at radius 1 is 1.24 bits per heavy atom. The number of nitrogens with one attached hydrogen (secondary N) is 1. The van der Waals surface area contributed by atoms with E-state index in [1.807, 2.05) is 20.0 Å². The molecule has 0 spiro atoms. The number of hydrogen-bond acceptors (Lipinski definition) is 3. The van der Waals surface area contributed by atoms with Gasteiger partial charge in [-0.25, -0.2) is 0 Å². The largest absolute Gasteiger partial charge is 0.489 e. The molecule has 3 heteroatoms. The van der Waals surface area contributed by atoms with E-state index in [1.165, 1.54) is 24.0 Å². The van der Waals surface area contributed by atoms with E-state index in [0.717, 1.165) is 17.9 Å². The molecule has 1 N–H and O–H groups in total. The molecular formula is C18H22N2O. The molecule has 1 fully saturated rings. The van der Waals surface area contributed by atoms with Crippen molar-refractivity contribution in [3.05, 3.63) is 48.3 Å². The summed E-state index contributed by atoms with van der Waals surface area (Å²) < 4.78 is 5.75. The molecule has 0 radical (unpaired) electrons. The summed E-state index contributed by atoms with van der Waals surface area (Å²) in [6, 6.07) is 11.3. The summed E-state index contributed by atoms with van der Waals surface area (Å²) in [7, 11) is 0. The molecule has 3 rings (SSSR count). The van der Waals surface area contributed by atoms with Crippen LogP contribution in [0.3, 0.4) is 0 Å². The van der Waals surface area contributed by atoms with Gasteiger partial charge >= 0.3 is 0 Å². The van der Waals surface area contributed by atoms with Crippen molar-refractivity contribution in [2.24, 2.45) is 0 Å². The molecule has 0 unspecified atom stereocenters. The molecule has 1 heterocycles. The Bertz CT molecular complexity index is 606. The fraction of sp³-hybridized carbons (Fsp3) is 0.389. The molecular weight excluding hydrogens is 260 g/mol. The third-order valence-corrected chi connectivity index (χ3v) is 3.57. The van der Waals surface area contributed by atoms with Gasteiger partial charge in [-0.05, 0) is 43.9 Å². The Morgan fingerprint density at radius 3 is 2.81 bits per heavy atom. The summed E-state index contributed by atoms with van der Waals surface area (Å²) in [5.41, 5.74) is 3.65. The minimum absolute atomic E-state index is 0.161. The first-order valence-electron chi connectivity index (χ1n) is 7.66. The Kier molecular flexibility index (Phi) is 4.20. The summed E-state index contributed by atoms with van der Waals surface area (Å²) in [4.78, 5) is 4.32. The van der Waals surface area contributed by atoms with Crippen molar-refractivity contribution in [2.45, 2.75) is 45.4 Å².